The molecule has 0 bridgehead atoms. The Morgan fingerprint density at radius 2 is 1.73 bits per heavy atom. The molecule has 0 aromatic carbocycles. The SMILES string of the molecule is CCCCOC(=O)C(CC(=O)[O-])NC(=O)C(F)(F)C(F)(F)F. The topological polar surface area (TPSA) is 95.5 Å². The van der Waals surface area contributed by atoms with E-state index >= 15 is 0 Å². The lowest BCUT2D eigenvalue weighted by atomic mass is 10.2. The Morgan fingerprint density at radius 3 is 2.14 bits per heavy atom. The molecule has 22 heavy (non-hydrogen) atoms. The summed E-state index contributed by atoms with van der Waals surface area (Å²) in [5.74, 6) is -12.0. The maximum Gasteiger partial charge on any atom is 0.463 e. The van der Waals surface area contributed by atoms with Gasteiger partial charge >= 0.3 is 24.0 Å². The number of esters is 1. The van der Waals surface area contributed by atoms with E-state index in [4.69, 9.17) is 0 Å². The molecule has 0 heterocycles. The van der Waals surface area contributed by atoms with E-state index < -0.39 is 42.4 Å². The fraction of sp³-hybridized carbons (Fsp3) is 0.727. The van der Waals surface area contributed by atoms with Crippen molar-refractivity contribution in [3.63, 3.8) is 0 Å². The zero-order valence-electron chi connectivity index (χ0n) is 11.3. The number of alkyl halides is 5. The molecule has 1 unspecified atom stereocenters. The van der Waals surface area contributed by atoms with Crippen LogP contribution in [0.15, 0.2) is 0 Å². The van der Waals surface area contributed by atoms with Crippen molar-refractivity contribution < 1.29 is 46.2 Å². The number of aliphatic carboxylic acids is 1. The zero-order chi connectivity index (χ0) is 17.6. The number of ether oxygens (including phenoxy) is 1. The number of carbonyl (C=O) groups is 3. The predicted molar refractivity (Wildman–Crippen MR) is 58.4 cm³/mol. The van der Waals surface area contributed by atoms with Gasteiger partial charge in [-0.3, -0.25) is 4.79 Å². The number of hydrogen-bond acceptors (Lipinski definition) is 5. The number of carboxylic acids is 1. The second-order valence-corrected chi connectivity index (χ2v) is 4.20. The molecule has 1 atom stereocenters. The van der Waals surface area contributed by atoms with Crippen molar-refractivity contribution in [2.75, 3.05) is 6.61 Å². The molecule has 0 aromatic heterocycles. The Bertz CT molecular complexity index is 424. The Labute approximate surface area is 121 Å². The van der Waals surface area contributed by atoms with Gasteiger partial charge in [-0.15, -0.1) is 0 Å². The molecular weight excluding hydrogens is 321 g/mol. The number of carboxylic acid groups (broad SMARTS) is 1. The summed E-state index contributed by atoms with van der Waals surface area (Å²) in [6.45, 7) is 1.52. The van der Waals surface area contributed by atoms with Crippen LogP contribution in [0.25, 0.3) is 0 Å². The van der Waals surface area contributed by atoms with Gasteiger partial charge in [0.15, 0.2) is 0 Å². The highest BCUT2D eigenvalue weighted by atomic mass is 19.4. The van der Waals surface area contributed by atoms with Crippen LogP contribution in [0.2, 0.25) is 0 Å². The molecule has 0 radical (unpaired) electrons. The standard InChI is InChI=1S/C11H14F5NO5/c1-2-3-4-22-8(20)6(5-7(18)19)17-9(21)10(12,13)11(14,15)16/h6H,2-5H2,1H3,(H,17,21)(H,18,19)/p-1. The van der Waals surface area contributed by atoms with Crippen LogP contribution in [0.4, 0.5) is 22.0 Å². The van der Waals surface area contributed by atoms with Crippen molar-refractivity contribution in [1.29, 1.82) is 0 Å². The van der Waals surface area contributed by atoms with Crippen LogP contribution in [0.1, 0.15) is 26.2 Å². The van der Waals surface area contributed by atoms with Gasteiger partial charge in [-0.25, -0.2) is 4.79 Å². The second-order valence-electron chi connectivity index (χ2n) is 4.20. The molecule has 1 amide bonds. The third-order valence-corrected chi connectivity index (χ3v) is 2.34. The molecule has 11 heteroatoms. The van der Waals surface area contributed by atoms with E-state index in [1.807, 2.05) is 0 Å². The van der Waals surface area contributed by atoms with Gasteiger partial charge in [0.2, 0.25) is 0 Å². The highest BCUT2D eigenvalue weighted by molar-refractivity contribution is 5.90. The summed E-state index contributed by atoms with van der Waals surface area (Å²) in [7, 11) is 0. The van der Waals surface area contributed by atoms with Crippen LogP contribution >= 0.6 is 0 Å². The molecule has 6 nitrogen and oxygen atoms in total. The van der Waals surface area contributed by atoms with E-state index in [1.165, 1.54) is 0 Å². The van der Waals surface area contributed by atoms with Gasteiger partial charge < -0.3 is 20.0 Å². The fourth-order valence-electron chi connectivity index (χ4n) is 1.16. The minimum absolute atomic E-state index is 0.204. The number of unbranched alkanes of at least 4 members (excludes halogenated alkanes) is 1. The maximum atomic E-state index is 12.7. The third kappa shape index (κ3) is 5.82. The molecule has 0 saturated carbocycles. The third-order valence-electron chi connectivity index (χ3n) is 2.34. The lowest BCUT2D eigenvalue weighted by Gasteiger charge is -2.23. The van der Waals surface area contributed by atoms with Crippen LogP contribution in [0.5, 0.6) is 0 Å². The predicted octanol–water partition coefficient (Wildman–Crippen LogP) is 0.152. The summed E-state index contributed by atoms with van der Waals surface area (Å²) in [4.78, 5) is 32.7. The summed E-state index contributed by atoms with van der Waals surface area (Å²) >= 11 is 0. The Balaban J connectivity index is 4.96. The van der Waals surface area contributed by atoms with Crippen LogP contribution in [-0.2, 0) is 19.1 Å². The smallest absolute Gasteiger partial charge is 0.463 e. The highest BCUT2D eigenvalue weighted by Gasteiger charge is 2.63. The first-order chi connectivity index (χ1) is 9.93. The lowest BCUT2D eigenvalue weighted by molar-refractivity contribution is -0.306. The minimum atomic E-state index is -6.19. The average Bonchev–Trinajstić information content (AvgIpc) is 2.36. The van der Waals surface area contributed by atoms with Crippen LogP contribution in [-0.4, -0.2) is 42.6 Å². The van der Waals surface area contributed by atoms with E-state index in [2.05, 4.69) is 4.74 Å². The molecule has 0 aliphatic rings. The minimum Gasteiger partial charge on any atom is -0.550 e. The van der Waals surface area contributed by atoms with Gasteiger partial charge in [0, 0.05) is 12.4 Å². The molecule has 0 aromatic rings. The summed E-state index contributed by atoms with van der Waals surface area (Å²) < 4.78 is 65.9. The molecule has 0 rings (SSSR count). The van der Waals surface area contributed by atoms with Crippen molar-refractivity contribution in [1.82, 2.24) is 5.32 Å². The monoisotopic (exact) mass is 334 g/mol. The van der Waals surface area contributed by atoms with Crippen molar-refractivity contribution in [3.05, 3.63) is 0 Å². The Hall–Kier alpha value is -1.94. The first kappa shape index (κ1) is 20.1. The fourth-order valence-corrected chi connectivity index (χ4v) is 1.16. The quantitative estimate of drug-likeness (QED) is 0.387. The van der Waals surface area contributed by atoms with Gasteiger partial charge in [-0.1, -0.05) is 13.3 Å². The van der Waals surface area contributed by atoms with Crippen molar-refractivity contribution in [2.45, 2.75) is 44.3 Å². The maximum absolute atomic E-state index is 12.7. The van der Waals surface area contributed by atoms with Gasteiger partial charge in [0.25, 0.3) is 0 Å². The number of carbonyl (C=O) groups excluding carboxylic acids is 3. The zero-order valence-corrected chi connectivity index (χ0v) is 11.3. The summed E-state index contributed by atoms with van der Waals surface area (Å²) in [5.41, 5.74) is 0. The molecule has 0 aliphatic heterocycles. The molecule has 128 valence electrons. The number of nitrogens with one attached hydrogen (secondary N) is 1. The van der Waals surface area contributed by atoms with Crippen molar-refractivity contribution in [3.8, 4) is 0 Å². The Kier molecular flexibility index (Phi) is 7.20. The second kappa shape index (κ2) is 7.90. The van der Waals surface area contributed by atoms with Crippen LogP contribution in [0.3, 0.4) is 0 Å². The van der Waals surface area contributed by atoms with E-state index in [0.29, 0.717) is 12.8 Å². The van der Waals surface area contributed by atoms with Gasteiger partial charge in [0.05, 0.1) is 6.61 Å². The number of halogens is 5. The normalized spacial score (nSPS) is 13.4. The number of rotatable bonds is 8. The van der Waals surface area contributed by atoms with Gasteiger partial charge in [0.1, 0.15) is 6.04 Å². The van der Waals surface area contributed by atoms with E-state index in [0.717, 1.165) is 5.32 Å². The average molecular weight is 334 g/mol. The van der Waals surface area contributed by atoms with Gasteiger partial charge in [-0.05, 0) is 6.42 Å². The van der Waals surface area contributed by atoms with E-state index in [-0.39, 0.29) is 6.61 Å². The first-order valence-corrected chi connectivity index (χ1v) is 6.05. The number of hydrogen-bond donors (Lipinski definition) is 1. The molecule has 0 saturated heterocycles. The molecule has 1 N–H and O–H groups in total. The van der Waals surface area contributed by atoms with Crippen molar-refractivity contribution >= 4 is 17.8 Å². The Morgan fingerprint density at radius 1 is 1.18 bits per heavy atom. The van der Waals surface area contributed by atoms with Gasteiger partial charge in [-0.2, -0.15) is 22.0 Å². The highest BCUT2D eigenvalue weighted by Crippen LogP contribution is 2.35. The van der Waals surface area contributed by atoms with Crippen LogP contribution < -0.4 is 10.4 Å². The van der Waals surface area contributed by atoms with E-state index in [9.17, 15) is 41.4 Å². The van der Waals surface area contributed by atoms with E-state index in [1.54, 1.807) is 6.92 Å². The summed E-state index contributed by atoms with van der Waals surface area (Å²) in [5, 5.41) is 11.4. The largest absolute Gasteiger partial charge is 0.550 e. The molecule has 0 fully saturated rings. The van der Waals surface area contributed by atoms with Crippen molar-refractivity contribution in [2.24, 2.45) is 0 Å². The number of amides is 1. The van der Waals surface area contributed by atoms with Crippen LogP contribution in [0, 0.1) is 0 Å². The lowest BCUT2D eigenvalue weighted by Crippen LogP contribution is -2.55. The molecule has 0 spiro atoms. The molecule has 0 aliphatic carbocycles. The summed E-state index contributed by atoms with van der Waals surface area (Å²) in [6, 6.07) is -2.21. The summed E-state index contributed by atoms with van der Waals surface area (Å²) in [6.07, 6.45) is -6.55. The molecular formula is C11H13F5NO5-. The first-order valence-electron chi connectivity index (χ1n) is 6.05.